The number of methoxy groups -OCH3 is 1. The van der Waals surface area contributed by atoms with Crippen molar-refractivity contribution in [3.63, 3.8) is 0 Å². The number of carbonyl (C=O) groups is 1. The molecule has 6 nitrogen and oxygen atoms in total. The van der Waals surface area contributed by atoms with E-state index in [1.807, 2.05) is 18.2 Å². The summed E-state index contributed by atoms with van der Waals surface area (Å²) in [5, 5.41) is 5.95. The van der Waals surface area contributed by atoms with Crippen LogP contribution in [0.3, 0.4) is 0 Å². The highest BCUT2D eigenvalue weighted by Gasteiger charge is 2.32. The van der Waals surface area contributed by atoms with E-state index in [1.165, 1.54) is 31.2 Å². The summed E-state index contributed by atoms with van der Waals surface area (Å²) in [5.41, 5.74) is 3.80. The average Bonchev–Trinajstić information content (AvgIpc) is 3.13. The van der Waals surface area contributed by atoms with Crippen LogP contribution in [-0.2, 0) is 4.79 Å². The van der Waals surface area contributed by atoms with Crippen LogP contribution in [0.25, 0.3) is 11.0 Å². The van der Waals surface area contributed by atoms with Gasteiger partial charge in [-0.15, -0.1) is 0 Å². The number of ether oxygens (including phenoxy) is 1. The summed E-state index contributed by atoms with van der Waals surface area (Å²) in [4.78, 5) is 20.8. The highest BCUT2D eigenvalue weighted by atomic mass is 19.1. The Bertz CT molecular complexity index is 1070. The van der Waals surface area contributed by atoms with Crippen LogP contribution >= 0.6 is 0 Å². The van der Waals surface area contributed by atoms with Gasteiger partial charge in [0.05, 0.1) is 29.9 Å². The van der Waals surface area contributed by atoms with Gasteiger partial charge in [-0.25, -0.2) is 9.40 Å². The number of benzene rings is 2. The summed E-state index contributed by atoms with van der Waals surface area (Å²) in [7, 11) is 1.48. The lowest BCUT2D eigenvalue weighted by Crippen LogP contribution is -2.24. The Balaban J connectivity index is 1.74. The molecule has 2 aromatic carbocycles. The Morgan fingerprint density at radius 2 is 1.93 bits per heavy atom. The number of halogens is 1. The van der Waals surface area contributed by atoms with Crippen LogP contribution in [0.2, 0.25) is 0 Å². The summed E-state index contributed by atoms with van der Waals surface area (Å²) in [5.74, 6) is -0.167. The molecule has 1 unspecified atom stereocenters. The van der Waals surface area contributed by atoms with Gasteiger partial charge in [0.25, 0.3) is 0 Å². The van der Waals surface area contributed by atoms with Gasteiger partial charge in [-0.1, -0.05) is 6.07 Å². The van der Waals surface area contributed by atoms with Crippen molar-refractivity contribution in [1.29, 1.82) is 0 Å². The minimum absolute atomic E-state index is 0.171. The molecule has 1 atom stereocenters. The van der Waals surface area contributed by atoms with Crippen LogP contribution in [0.1, 0.15) is 30.5 Å². The fourth-order valence-corrected chi connectivity index (χ4v) is 3.31. The number of nitrogens with zero attached hydrogens (tertiary/aromatic N) is 4. The van der Waals surface area contributed by atoms with Crippen LogP contribution in [0.4, 0.5) is 4.39 Å². The van der Waals surface area contributed by atoms with Crippen LogP contribution in [0, 0.1) is 5.82 Å². The monoisotopic (exact) mass is 364 g/mol. The quantitative estimate of drug-likeness (QED) is 0.714. The third kappa shape index (κ3) is 3.12. The molecule has 0 saturated heterocycles. The first kappa shape index (κ1) is 17.1. The predicted octanol–water partition coefficient (Wildman–Crippen LogP) is 3.48. The number of hydrogen-bond donors (Lipinski definition) is 0. The third-order valence-corrected chi connectivity index (χ3v) is 4.59. The summed E-state index contributed by atoms with van der Waals surface area (Å²) in [6.45, 7) is 1.47. The maximum atomic E-state index is 13.5. The van der Waals surface area contributed by atoms with Gasteiger partial charge in [0.15, 0.2) is 0 Å². The Kier molecular flexibility index (Phi) is 4.27. The lowest BCUT2D eigenvalue weighted by Gasteiger charge is -2.20. The van der Waals surface area contributed by atoms with Gasteiger partial charge in [-0.2, -0.15) is 5.10 Å². The SMILES string of the molecule is COc1cc(F)ccc1C1=NN(C(C)=O)C(c2ccc3nccnc3c2)C1. The van der Waals surface area contributed by atoms with Gasteiger partial charge in [-0.3, -0.25) is 14.8 Å². The second kappa shape index (κ2) is 6.75. The first-order valence-electron chi connectivity index (χ1n) is 8.48. The number of hydrogen-bond acceptors (Lipinski definition) is 5. The highest BCUT2D eigenvalue weighted by molar-refractivity contribution is 6.05. The molecule has 0 spiro atoms. The lowest BCUT2D eigenvalue weighted by molar-refractivity contribution is -0.130. The number of fused-ring (bicyclic) bond motifs is 1. The van der Waals surface area contributed by atoms with Crippen molar-refractivity contribution in [3.8, 4) is 5.75 Å². The first-order valence-corrected chi connectivity index (χ1v) is 8.48. The van der Waals surface area contributed by atoms with Crippen molar-refractivity contribution >= 4 is 22.7 Å². The molecule has 0 aliphatic carbocycles. The molecule has 27 heavy (non-hydrogen) atoms. The Labute approximate surface area is 155 Å². The molecule has 0 fully saturated rings. The van der Waals surface area contributed by atoms with Crippen molar-refractivity contribution in [2.45, 2.75) is 19.4 Å². The number of hydrazone groups is 1. The molecular weight excluding hydrogens is 347 g/mol. The maximum absolute atomic E-state index is 13.5. The first-order chi connectivity index (χ1) is 13.1. The Morgan fingerprint density at radius 3 is 2.67 bits per heavy atom. The summed E-state index contributed by atoms with van der Waals surface area (Å²) >= 11 is 0. The van der Waals surface area contributed by atoms with E-state index in [0.29, 0.717) is 23.4 Å². The highest BCUT2D eigenvalue weighted by Crippen LogP contribution is 2.35. The number of rotatable bonds is 3. The molecule has 1 amide bonds. The van der Waals surface area contributed by atoms with Crippen molar-refractivity contribution in [1.82, 2.24) is 15.0 Å². The lowest BCUT2D eigenvalue weighted by atomic mass is 9.97. The normalized spacial score (nSPS) is 16.5. The van der Waals surface area contributed by atoms with E-state index in [2.05, 4.69) is 15.1 Å². The molecule has 1 aromatic heterocycles. The topological polar surface area (TPSA) is 67.7 Å². The summed E-state index contributed by atoms with van der Waals surface area (Å²) in [6.07, 6.45) is 3.77. The van der Waals surface area contributed by atoms with E-state index in [4.69, 9.17) is 4.74 Å². The predicted molar refractivity (Wildman–Crippen MR) is 98.9 cm³/mol. The molecule has 7 heteroatoms. The van der Waals surface area contributed by atoms with Gasteiger partial charge >= 0.3 is 0 Å². The molecule has 0 radical (unpaired) electrons. The van der Waals surface area contributed by atoms with Gasteiger partial charge in [0, 0.05) is 37.4 Å². The number of aromatic nitrogens is 2. The van der Waals surface area contributed by atoms with Gasteiger partial charge in [0.1, 0.15) is 11.6 Å². The zero-order valence-corrected chi connectivity index (χ0v) is 14.9. The minimum atomic E-state index is -0.387. The molecule has 4 rings (SSSR count). The van der Waals surface area contributed by atoms with Gasteiger partial charge in [0.2, 0.25) is 5.91 Å². The van der Waals surface area contributed by atoms with Crippen molar-refractivity contribution in [3.05, 3.63) is 65.7 Å². The molecule has 0 saturated carbocycles. The van der Waals surface area contributed by atoms with Gasteiger partial charge < -0.3 is 4.74 Å². The van der Waals surface area contributed by atoms with E-state index in [-0.39, 0.29) is 17.8 Å². The minimum Gasteiger partial charge on any atom is -0.496 e. The largest absolute Gasteiger partial charge is 0.496 e. The zero-order chi connectivity index (χ0) is 19.0. The second-order valence-corrected chi connectivity index (χ2v) is 6.28. The van der Waals surface area contributed by atoms with Crippen LogP contribution in [0.15, 0.2) is 53.9 Å². The van der Waals surface area contributed by atoms with Crippen LogP contribution in [-0.4, -0.2) is 33.7 Å². The van der Waals surface area contributed by atoms with E-state index < -0.39 is 0 Å². The van der Waals surface area contributed by atoms with E-state index in [1.54, 1.807) is 18.5 Å². The molecule has 2 heterocycles. The Hall–Kier alpha value is -3.35. The van der Waals surface area contributed by atoms with Crippen LogP contribution in [0.5, 0.6) is 5.75 Å². The standard InChI is InChI=1S/C20H17FN4O2/c1-12(26)25-19(13-3-6-16-18(9-13)23-8-7-22-16)11-17(24-25)15-5-4-14(21)10-20(15)27-2/h3-10,19H,11H2,1-2H3. The van der Waals surface area contributed by atoms with E-state index in [0.717, 1.165) is 16.6 Å². The molecule has 136 valence electrons. The molecule has 0 N–H and O–H groups in total. The third-order valence-electron chi connectivity index (χ3n) is 4.59. The summed E-state index contributed by atoms with van der Waals surface area (Å²) in [6, 6.07) is 9.76. The summed E-state index contributed by atoms with van der Waals surface area (Å²) < 4.78 is 18.8. The fraction of sp³-hybridized carbons (Fsp3) is 0.200. The van der Waals surface area contributed by atoms with E-state index in [9.17, 15) is 9.18 Å². The van der Waals surface area contributed by atoms with Crippen molar-refractivity contribution in [2.24, 2.45) is 5.10 Å². The molecule has 3 aromatic rings. The van der Waals surface area contributed by atoms with Crippen molar-refractivity contribution < 1.29 is 13.9 Å². The van der Waals surface area contributed by atoms with Crippen LogP contribution < -0.4 is 4.74 Å². The fourth-order valence-electron chi connectivity index (χ4n) is 3.31. The molecule has 0 bridgehead atoms. The van der Waals surface area contributed by atoms with Gasteiger partial charge in [-0.05, 0) is 29.8 Å². The molecule has 1 aliphatic heterocycles. The Morgan fingerprint density at radius 1 is 1.15 bits per heavy atom. The second-order valence-electron chi connectivity index (χ2n) is 6.28. The van der Waals surface area contributed by atoms with E-state index >= 15 is 0 Å². The van der Waals surface area contributed by atoms with Crippen molar-refractivity contribution in [2.75, 3.05) is 7.11 Å². The number of carbonyl (C=O) groups excluding carboxylic acids is 1. The smallest absolute Gasteiger partial charge is 0.240 e. The molecule has 1 aliphatic rings. The average molecular weight is 364 g/mol. The molecular formula is C20H17FN4O2. The zero-order valence-electron chi connectivity index (χ0n) is 14.9. The number of amides is 1. The maximum Gasteiger partial charge on any atom is 0.240 e.